The normalized spacial score (nSPS) is 22.9. The molecule has 0 radical (unpaired) electrons. The fraction of sp³-hybridized carbons (Fsp3) is 0.529. The number of nitrogens with one attached hydrogen (secondary N) is 2. The molecule has 2 aliphatic rings. The Hall–Kier alpha value is -1.55. The molecule has 0 amide bonds. The lowest BCUT2D eigenvalue weighted by Gasteiger charge is -2.24. The van der Waals surface area contributed by atoms with Crippen LogP contribution in [0.15, 0.2) is 48.1 Å². The maximum Gasteiger partial charge on any atom is 0.137 e. The molecule has 0 aromatic rings. The van der Waals surface area contributed by atoms with Crippen molar-refractivity contribution in [3.63, 3.8) is 0 Å². The molecule has 2 rings (SSSR count). The number of hydrogen-bond donors (Lipinski definition) is 2. The van der Waals surface area contributed by atoms with Gasteiger partial charge in [-0.15, -0.1) is 0 Å². The number of rotatable bonds is 2. The molecule has 0 bridgehead atoms. The molecule has 1 saturated heterocycles. The molecule has 2 heterocycles. The summed E-state index contributed by atoms with van der Waals surface area (Å²) in [5, 5.41) is 5.97. The number of alkyl halides is 1. The molecule has 0 spiro atoms. The Labute approximate surface area is 128 Å². The molecule has 0 aromatic carbocycles. The standard InChI is InChI=1S/C11H15FN2.C6H13N/c1-5-7(2)11-13-8(3)6-10(14-11)9(4)12;1-7-5-3-2-4-6-7/h5-6,9,13-14H,1,3H2,2,4H3;2-6H2,1H3/b11-7+;. The minimum Gasteiger partial charge on any atom is -0.342 e. The van der Waals surface area contributed by atoms with Gasteiger partial charge in [0.05, 0.1) is 5.70 Å². The first-order valence-electron chi connectivity index (χ1n) is 7.54. The summed E-state index contributed by atoms with van der Waals surface area (Å²) in [6, 6.07) is 0. The van der Waals surface area contributed by atoms with Crippen molar-refractivity contribution < 1.29 is 4.39 Å². The minimum atomic E-state index is -1.03. The number of likely N-dealkylation sites (tertiary alicyclic amines) is 1. The van der Waals surface area contributed by atoms with Gasteiger partial charge in [-0.1, -0.05) is 25.7 Å². The summed E-state index contributed by atoms with van der Waals surface area (Å²) in [4.78, 5) is 2.39. The Kier molecular flexibility index (Phi) is 7.23. The van der Waals surface area contributed by atoms with Crippen LogP contribution in [0.25, 0.3) is 0 Å². The van der Waals surface area contributed by atoms with Gasteiger partial charge < -0.3 is 15.5 Å². The third-order valence-electron chi connectivity index (χ3n) is 3.59. The van der Waals surface area contributed by atoms with Crippen LogP contribution in [-0.2, 0) is 0 Å². The van der Waals surface area contributed by atoms with Gasteiger partial charge in [0.15, 0.2) is 0 Å². The summed E-state index contributed by atoms with van der Waals surface area (Å²) < 4.78 is 13.1. The molecule has 2 N–H and O–H groups in total. The van der Waals surface area contributed by atoms with Crippen LogP contribution < -0.4 is 10.6 Å². The van der Waals surface area contributed by atoms with Crippen LogP contribution in [0.3, 0.4) is 0 Å². The summed E-state index contributed by atoms with van der Waals surface area (Å²) in [6.07, 6.45) is 6.61. The van der Waals surface area contributed by atoms with Crippen molar-refractivity contribution in [1.29, 1.82) is 0 Å². The first kappa shape index (κ1) is 17.5. The van der Waals surface area contributed by atoms with Gasteiger partial charge in [0, 0.05) is 5.70 Å². The monoisotopic (exact) mass is 293 g/mol. The zero-order valence-corrected chi connectivity index (χ0v) is 13.5. The lowest BCUT2D eigenvalue weighted by Crippen LogP contribution is -2.33. The van der Waals surface area contributed by atoms with Gasteiger partial charge in [-0.2, -0.15) is 0 Å². The molecule has 1 atom stereocenters. The third-order valence-corrected chi connectivity index (χ3v) is 3.59. The summed E-state index contributed by atoms with van der Waals surface area (Å²) in [7, 11) is 2.19. The van der Waals surface area contributed by atoms with Crippen LogP contribution in [0.5, 0.6) is 0 Å². The van der Waals surface area contributed by atoms with E-state index in [1.807, 2.05) is 6.92 Å². The van der Waals surface area contributed by atoms with Crippen molar-refractivity contribution in [3.8, 4) is 0 Å². The Morgan fingerprint density at radius 1 is 1.33 bits per heavy atom. The minimum absolute atomic E-state index is 0.518. The zero-order valence-electron chi connectivity index (χ0n) is 13.5. The van der Waals surface area contributed by atoms with E-state index in [1.165, 1.54) is 39.3 Å². The highest BCUT2D eigenvalue weighted by Gasteiger charge is 2.15. The van der Waals surface area contributed by atoms with Crippen molar-refractivity contribution >= 4 is 0 Å². The third kappa shape index (κ3) is 6.17. The predicted octanol–water partition coefficient (Wildman–Crippen LogP) is 3.45. The van der Waals surface area contributed by atoms with Crippen molar-refractivity contribution in [2.24, 2.45) is 0 Å². The summed E-state index contributed by atoms with van der Waals surface area (Å²) in [5.41, 5.74) is 2.13. The smallest absolute Gasteiger partial charge is 0.137 e. The van der Waals surface area contributed by atoms with Crippen LogP contribution in [0.4, 0.5) is 4.39 Å². The van der Waals surface area contributed by atoms with Crippen molar-refractivity contribution in [1.82, 2.24) is 15.5 Å². The largest absolute Gasteiger partial charge is 0.342 e. The summed E-state index contributed by atoms with van der Waals surface area (Å²) in [6.45, 7) is 13.4. The van der Waals surface area contributed by atoms with Gasteiger partial charge in [0.2, 0.25) is 0 Å². The SMILES string of the molecule is C=C/C(C)=C1\NC(=C)C=C(C(C)F)N1.CN1CCCCC1. The molecule has 2 aliphatic heterocycles. The highest BCUT2D eigenvalue weighted by Crippen LogP contribution is 2.14. The number of piperidine rings is 1. The predicted molar refractivity (Wildman–Crippen MR) is 88.3 cm³/mol. The molecule has 1 unspecified atom stereocenters. The van der Waals surface area contributed by atoms with E-state index in [1.54, 1.807) is 12.2 Å². The van der Waals surface area contributed by atoms with E-state index in [9.17, 15) is 4.39 Å². The van der Waals surface area contributed by atoms with E-state index >= 15 is 0 Å². The topological polar surface area (TPSA) is 27.3 Å². The number of hydrogen-bond acceptors (Lipinski definition) is 3. The quantitative estimate of drug-likeness (QED) is 0.816. The first-order chi connectivity index (χ1) is 9.93. The molecule has 3 nitrogen and oxygen atoms in total. The Morgan fingerprint density at radius 3 is 2.38 bits per heavy atom. The second kappa shape index (κ2) is 8.67. The number of nitrogens with zero attached hydrogens (tertiary/aromatic N) is 1. The van der Waals surface area contributed by atoms with Crippen molar-refractivity contribution in [3.05, 3.63) is 48.1 Å². The highest BCUT2D eigenvalue weighted by molar-refractivity contribution is 5.35. The fourth-order valence-corrected chi connectivity index (χ4v) is 2.16. The van der Waals surface area contributed by atoms with Crippen molar-refractivity contribution in [2.45, 2.75) is 39.3 Å². The van der Waals surface area contributed by atoms with Crippen molar-refractivity contribution in [2.75, 3.05) is 20.1 Å². The number of halogens is 1. The Balaban J connectivity index is 0.000000262. The molecular formula is C17H28FN3. The molecule has 4 heteroatoms. The fourth-order valence-electron chi connectivity index (χ4n) is 2.16. The molecule has 0 aromatic heterocycles. The Morgan fingerprint density at radius 2 is 1.95 bits per heavy atom. The van der Waals surface area contributed by atoms with Crippen LogP contribution >= 0.6 is 0 Å². The lowest BCUT2D eigenvalue weighted by atomic mass is 10.1. The van der Waals surface area contributed by atoms with Crippen LogP contribution in [0.1, 0.15) is 33.1 Å². The molecule has 0 saturated carbocycles. The maximum atomic E-state index is 13.1. The van der Waals surface area contributed by atoms with Crippen LogP contribution in [-0.4, -0.2) is 31.2 Å². The average Bonchev–Trinajstić information content (AvgIpc) is 2.47. The van der Waals surface area contributed by atoms with Gasteiger partial charge in [-0.05, 0) is 58.5 Å². The van der Waals surface area contributed by atoms with Gasteiger partial charge in [0.1, 0.15) is 12.0 Å². The molecule has 21 heavy (non-hydrogen) atoms. The molecule has 1 fully saturated rings. The van der Waals surface area contributed by atoms with Crippen LogP contribution in [0, 0.1) is 0 Å². The molecular weight excluding hydrogens is 265 g/mol. The van der Waals surface area contributed by atoms with Crippen LogP contribution in [0.2, 0.25) is 0 Å². The summed E-state index contributed by atoms with van der Waals surface area (Å²) >= 11 is 0. The second-order valence-electron chi connectivity index (χ2n) is 5.62. The van der Waals surface area contributed by atoms with Gasteiger partial charge >= 0.3 is 0 Å². The summed E-state index contributed by atoms with van der Waals surface area (Å²) in [5.74, 6) is 0.743. The maximum absolute atomic E-state index is 13.1. The second-order valence-corrected chi connectivity index (χ2v) is 5.62. The zero-order chi connectivity index (χ0) is 15.8. The average molecular weight is 293 g/mol. The molecule has 0 aliphatic carbocycles. The van der Waals surface area contributed by atoms with E-state index in [-0.39, 0.29) is 0 Å². The van der Waals surface area contributed by atoms with Gasteiger partial charge in [-0.25, -0.2) is 4.39 Å². The van der Waals surface area contributed by atoms with Gasteiger partial charge in [-0.3, -0.25) is 0 Å². The van der Waals surface area contributed by atoms with E-state index in [2.05, 4.69) is 35.7 Å². The van der Waals surface area contributed by atoms with E-state index in [0.717, 1.165) is 11.4 Å². The van der Waals surface area contributed by atoms with E-state index < -0.39 is 6.17 Å². The first-order valence-corrected chi connectivity index (χ1v) is 7.54. The highest BCUT2D eigenvalue weighted by atomic mass is 19.1. The Bertz CT molecular complexity index is 429. The van der Waals surface area contributed by atoms with E-state index in [0.29, 0.717) is 11.4 Å². The number of allylic oxidation sites excluding steroid dienone is 4. The molecule has 118 valence electrons. The lowest BCUT2D eigenvalue weighted by molar-refractivity contribution is 0.277. The van der Waals surface area contributed by atoms with E-state index in [4.69, 9.17) is 0 Å². The van der Waals surface area contributed by atoms with Gasteiger partial charge in [0.25, 0.3) is 0 Å².